The van der Waals surface area contributed by atoms with Crippen LogP contribution < -0.4 is 10.5 Å². The van der Waals surface area contributed by atoms with Crippen molar-refractivity contribution in [3.8, 4) is 5.88 Å². The molecule has 4 nitrogen and oxygen atoms in total. The van der Waals surface area contributed by atoms with Crippen molar-refractivity contribution in [2.75, 3.05) is 0 Å². The van der Waals surface area contributed by atoms with Gasteiger partial charge in [-0.2, -0.15) is 13.2 Å². The first kappa shape index (κ1) is 15.6. The Labute approximate surface area is 121 Å². The van der Waals surface area contributed by atoms with Crippen LogP contribution in [0, 0.1) is 5.41 Å². The highest BCUT2D eigenvalue weighted by Crippen LogP contribution is 2.31. The van der Waals surface area contributed by atoms with Crippen LogP contribution >= 0.6 is 0 Å². The highest BCUT2D eigenvalue weighted by molar-refractivity contribution is 5.97. The van der Waals surface area contributed by atoms with Crippen LogP contribution in [0.5, 0.6) is 5.88 Å². The number of rotatable bonds is 3. The fourth-order valence-electron chi connectivity index (χ4n) is 2.41. The lowest BCUT2D eigenvalue weighted by atomic mass is 10.1. The molecule has 7 heteroatoms. The van der Waals surface area contributed by atoms with E-state index in [9.17, 15) is 13.2 Å². The topological polar surface area (TPSA) is 72.0 Å². The maximum atomic E-state index is 12.7. The molecule has 0 amide bonds. The number of nitrogen functional groups attached to an aromatic ring is 1. The van der Waals surface area contributed by atoms with Crippen molar-refractivity contribution in [3.63, 3.8) is 0 Å². The third-order valence-corrected chi connectivity index (χ3v) is 3.52. The molecule has 116 valence electrons. The Balaban J connectivity index is 2.27. The van der Waals surface area contributed by atoms with Gasteiger partial charge < -0.3 is 10.5 Å². The molecule has 0 aliphatic heterocycles. The number of hydrogen-bond donors (Lipinski definition) is 2. The van der Waals surface area contributed by atoms with Crippen molar-refractivity contribution in [2.24, 2.45) is 5.73 Å². The lowest BCUT2D eigenvalue weighted by Gasteiger charge is -2.19. The van der Waals surface area contributed by atoms with E-state index in [1.807, 2.05) is 0 Å². The zero-order valence-electron chi connectivity index (χ0n) is 11.5. The Morgan fingerprint density at radius 1 is 1.19 bits per heavy atom. The van der Waals surface area contributed by atoms with Gasteiger partial charge in [0.1, 0.15) is 17.6 Å². The Kier molecular flexibility index (Phi) is 4.69. The van der Waals surface area contributed by atoms with Crippen LogP contribution in [0.25, 0.3) is 0 Å². The molecule has 1 aromatic heterocycles. The number of nitrogens with one attached hydrogen (secondary N) is 1. The summed E-state index contributed by atoms with van der Waals surface area (Å²) >= 11 is 0. The van der Waals surface area contributed by atoms with E-state index in [2.05, 4.69) is 4.98 Å². The number of amidine groups is 1. The number of nitrogens with two attached hydrogens (primary N) is 1. The zero-order valence-corrected chi connectivity index (χ0v) is 11.5. The number of ether oxygens (including phenoxy) is 1. The minimum atomic E-state index is -4.54. The summed E-state index contributed by atoms with van der Waals surface area (Å²) in [5.41, 5.74) is 4.46. The molecule has 3 N–H and O–H groups in total. The molecule has 0 aromatic carbocycles. The number of alkyl halides is 3. The minimum Gasteiger partial charge on any atom is -0.474 e. The predicted octanol–water partition coefficient (Wildman–Crippen LogP) is 3.49. The SMILES string of the molecule is N=C(N)c1ccc(C(F)(F)F)nc1OC1CCCCCC1. The number of hydrogen-bond acceptors (Lipinski definition) is 3. The zero-order chi connectivity index (χ0) is 15.5. The minimum absolute atomic E-state index is 0.104. The average Bonchev–Trinajstić information content (AvgIpc) is 2.66. The van der Waals surface area contributed by atoms with E-state index < -0.39 is 11.9 Å². The van der Waals surface area contributed by atoms with Crippen LogP contribution in [-0.4, -0.2) is 16.9 Å². The molecule has 0 unspecified atom stereocenters. The first-order valence-electron chi connectivity index (χ1n) is 6.97. The molecule has 2 rings (SSSR count). The van der Waals surface area contributed by atoms with Crippen molar-refractivity contribution >= 4 is 5.84 Å². The van der Waals surface area contributed by atoms with E-state index in [1.54, 1.807) is 0 Å². The normalized spacial score (nSPS) is 17.3. The molecule has 0 spiro atoms. The molecule has 0 radical (unpaired) electrons. The van der Waals surface area contributed by atoms with Gasteiger partial charge >= 0.3 is 6.18 Å². The van der Waals surface area contributed by atoms with Gasteiger partial charge in [-0.15, -0.1) is 0 Å². The Morgan fingerprint density at radius 2 is 1.81 bits per heavy atom. The standard InChI is InChI=1S/C14H18F3N3O/c15-14(16,17)11-8-7-10(12(18)19)13(20-11)21-9-5-3-1-2-4-6-9/h7-9H,1-6H2,(H3,18,19). The van der Waals surface area contributed by atoms with Crippen molar-refractivity contribution < 1.29 is 17.9 Å². The summed E-state index contributed by atoms with van der Waals surface area (Å²) in [6, 6.07) is 1.96. The Hall–Kier alpha value is -1.79. The molecular formula is C14H18F3N3O. The monoisotopic (exact) mass is 301 g/mol. The fourth-order valence-corrected chi connectivity index (χ4v) is 2.41. The third-order valence-electron chi connectivity index (χ3n) is 3.52. The number of halogens is 3. The van der Waals surface area contributed by atoms with Crippen molar-refractivity contribution in [2.45, 2.75) is 50.8 Å². The summed E-state index contributed by atoms with van der Waals surface area (Å²) in [6.45, 7) is 0. The van der Waals surface area contributed by atoms with Crippen LogP contribution in [0.2, 0.25) is 0 Å². The van der Waals surface area contributed by atoms with E-state index in [4.69, 9.17) is 15.9 Å². The summed E-state index contributed by atoms with van der Waals surface area (Å²) in [7, 11) is 0. The molecule has 1 heterocycles. The molecule has 0 bridgehead atoms. The van der Waals surface area contributed by atoms with Gasteiger partial charge in [-0.25, -0.2) is 4.98 Å². The van der Waals surface area contributed by atoms with Crippen LogP contribution in [-0.2, 0) is 6.18 Å². The molecule has 1 saturated carbocycles. The van der Waals surface area contributed by atoms with Crippen LogP contribution in [0.3, 0.4) is 0 Å². The largest absolute Gasteiger partial charge is 0.474 e. The van der Waals surface area contributed by atoms with Crippen LogP contribution in [0.4, 0.5) is 13.2 Å². The molecule has 1 aromatic rings. The number of nitrogens with zero attached hydrogens (tertiary/aromatic N) is 1. The number of aromatic nitrogens is 1. The first-order chi connectivity index (χ1) is 9.88. The lowest BCUT2D eigenvalue weighted by molar-refractivity contribution is -0.141. The molecule has 1 fully saturated rings. The van der Waals surface area contributed by atoms with Gasteiger partial charge in [0.25, 0.3) is 0 Å². The van der Waals surface area contributed by atoms with Crippen molar-refractivity contribution in [1.29, 1.82) is 5.41 Å². The van der Waals surface area contributed by atoms with Gasteiger partial charge in [-0.1, -0.05) is 12.8 Å². The maximum absolute atomic E-state index is 12.7. The summed E-state index contributed by atoms with van der Waals surface area (Å²) in [6.07, 6.45) is 1.05. The van der Waals surface area contributed by atoms with Gasteiger partial charge in [0, 0.05) is 0 Å². The molecule has 1 aliphatic carbocycles. The van der Waals surface area contributed by atoms with E-state index >= 15 is 0 Å². The van der Waals surface area contributed by atoms with E-state index in [-0.39, 0.29) is 23.4 Å². The highest BCUT2D eigenvalue weighted by atomic mass is 19.4. The highest BCUT2D eigenvalue weighted by Gasteiger charge is 2.34. The number of pyridine rings is 1. The summed E-state index contributed by atoms with van der Waals surface area (Å²) in [5.74, 6) is -0.538. The molecular weight excluding hydrogens is 283 g/mol. The first-order valence-corrected chi connectivity index (χ1v) is 6.97. The average molecular weight is 301 g/mol. The summed E-state index contributed by atoms with van der Waals surface area (Å²) in [5, 5.41) is 7.44. The predicted molar refractivity (Wildman–Crippen MR) is 72.4 cm³/mol. The molecule has 1 aliphatic rings. The molecule has 21 heavy (non-hydrogen) atoms. The quantitative estimate of drug-likeness (QED) is 0.510. The van der Waals surface area contributed by atoms with Gasteiger partial charge in [0.05, 0.1) is 5.56 Å². The van der Waals surface area contributed by atoms with Crippen molar-refractivity contribution in [3.05, 3.63) is 23.4 Å². The van der Waals surface area contributed by atoms with Gasteiger partial charge in [0.2, 0.25) is 5.88 Å². The van der Waals surface area contributed by atoms with Crippen molar-refractivity contribution in [1.82, 2.24) is 4.98 Å². The lowest BCUT2D eigenvalue weighted by Crippen LogP contribution is -2.21. The smallest absolute Gasteiger partial charge is 0.433 e. The summed E-state index contributed by atoms with van der Waals surface area (Å²) in [4.78, 5) is 3.52. The second-order valence-corrected chi connectivity index (χ2v) is 5.19. The third kappa shape index (κ3) is 4.09. The fraction of sp³-hybridized carbons (Fsp3) is 0.571. The van der Waals surface area contributed by atoms with Crippen LogP contribution in [0.1, 0.15) is 49.8 Å². The maximum Gasteiger partial charge on any atom is 0.433 e. The second kappa shape index (κ2) is 6.32. The Bertz CT molecular complexity index is 509. The second-order valence-electron chi connectivity index (χ2n) is 5.19. The van der Waals surface area contributed by atoms with Gasteiger partial charge in [-0.05, 0) is 37.8 Å². The molecule has 0 saturated heterocycles. The van der Waals surface area contributed by atoms with Gasteiger partial charge in [0.15, 0.2) is 0 Å². The van der Waals surface area contributed by atoms with E-state index in [0.717, 1.165) is 50.7 Å². The van der Waals surface area contributed by atoms with E-state index in [0.29, 0.717) is 0 Å². The van der Waals surface area contributed by atoms with E-state index in [1.165, 1.54) is 0 Å². The molecule has 0 atom stereocenters. The summed E-state index contributed by atoms with van der Waals surface area (Å²) < 4.78 is 43.9. The van der Waals surface area contributed by atoms with Gasteiger partial charge in [-0.3, -0.25) is 5.41 Å². The Morgan fingerprint density at radius 3 is 2.33 bits per heavy atom. The van der Waals surface area contributed by atoms with Crippen LogP contribution in [0.15, 0.2) is 12.1 Å².